The van der Waals surface area contributed by atoms with Gasteiger partial charge in [-0.15, -0.1) is 0 Å². The molecule has 0 amide bonds. The largest absolute Gasteiger partial charge is 0.386 e. The van der Waals surface area contributed by atoms with Crippen LogP contribution >= 0.6 is 11.6 Å². The fraction of sp³-hybridized carbons (Fsp3) is 0.258. The minimum absolute atomic E-state index is 0.263. The number of aromatic nitrogens is 1. The number of aryl methyl sites for hydroxylation is 1. The quantitative estimate of drug-likeness (QED) is 0.281. The molecule has 1 unspecified atom stereocenters. The first-order valence-electron chi connectivity index (χ1n) is 12.0. The van der Waals surface area contributed by atoms with Gasteiger partial charge >= 0.3 is 0 Å². The van der Waals surface area contributed by atoms with Crippen molar-refractivity contribution in [3.63, 3.8) is 0 Å². The molecule has 3 aromatic carbocycles. The zero-order valence-corrected chi connectivity index (χ0v) is 21.6. The molecule has 0 spiro atoms. The Kier molecular flexibility index (Phi) is 7.71. The van der Waals surface area contributed by atoms with Crippen molar-refractivity contribution in [2.75, 3.05) is 14.1 Å². The van der Waals surface area contributed by atoms with Crippen molar-refractivity contribution >= 4 is 34.7 Å². The molecule has 0 bridgehead atoms. The lowest BCUT2D eigenvalue weighted by Gasteiger charge is -2.27. The summed E-state index contributed by atoms with van der Waals surface area (Å²) < 4.78 is 0. The topological polar surface area (TPSA) is 36.4 Å². The highest BCUT2D eigenvalue weighted by atomic mass is 35.5. The van der Waals surface area contributed by atoms with E-state index >= 15 is 0 Å². The molecule has 180 valence electrons. The second-order valence-corrected chi connectivity index (χ2v) is 10.2. The van der Waals surface area contributed by atoms with Crippen LogP contribution in [-0.4, -0.2) is 29.1 Å². The molecule has 4 rings (SSSR count). The Labute approximate surface area is 213 Å². The van der Waals surface area contributed by atoms with Crippen molar-refractivity contribution in [2.24, 2.45) is 0 Å². The Morgan fingerprint density at radius 1 is 0.943 bits per heavy atom. The highest BCUT2D eigenvalue weighted by Gasteiger charge is 2.21. The molecule has 0 radical (unpaired) electrons. The normalized spacial score (nSPS) is 13.1. The van der Waals surface area contributed by atoms with Gasteiger partial charge in [0.2, 0.25) is 0 Å². The lowest BCUT2D eigenvalue weighted by atomic mass is 9.89. The molecule has 3 nitrogen and oxygen atoms in total. The van der Waals surface area contributed by atoms with Crippen LogP contribution in [0.4, 0.5) is 0 Å². The molecule has 1 N–H and O–H groups in total. The van der Waals surface area contributed by atoms with E-state index in [9.17, 15) is 5.11 Å². The van der Waals surface area contributed by atoms with Crippen molar-refractivity contribution in [3.05, 3.63) is 112 Å². The second-order valence-electron chi connectivity index (χ2n) is 9.81. The van der Waals surface area contributed by atoms with E-state index in [1.807, 2.05) is 56.3 Å². The molecule has 1 heterocycles. The first kappa shape index (κ1) is 25.1. The third-order valence-electron chi connectivity index (χ3n) is 6.40. The third-order valence-corrected chi connectivity index (χ3v) is 6.64. The van der Waals surface area contributed by atoms with E-state index in [4.69, 9.17) is 16.6 Å². The molecule has 0 aliphatic rings. The minimum atomic E-state index is -0.850. The maximum Gasteiger partial charge on any atom is 0.0843 e. The molecule has 0 fully saturated rings. The summed E-state index contributed by atoms with van der Waals surface area (Å²) in [4.78, 5) is 7.00. The number of hydrogen-bond donors (Lipinski definition) is 1. The third kappa shape index (κ3) is 6.37. The van der Waals surface area contributed by atoms with Crippen LogP contribution in [0.1, 0.15) is 54.3 Å². The standard InChI is InChI=1S/C31H33ClN2O/c1-31(2,35)28-11-6-5-9-23(28)15-19-30(34(3)4)25-10-7-8-22(20-25)12-17-27-18-14-24-13-16-26(32)21-29(24)33-27/h5-14,16-18,20-21,30,35H,15,19H2,1-4H3/b17-12+. The molecule has 4 heteroatoms. The zero-order chi connectivity index (χ0) is 25.0. The van der Waals surface area contributed by atoms with Gasteiger partial charge < -0.3 is 10.0 Å². The van der Waals surface area contributed by atoms with Gasteiger partial charge in [0.15, 0.2) is 0 Å². The van der Waals surface area contributed by atoms with Crippen LogP contribution in [0.15, 0.2) is 78.9 Å². The summed E-state index contributed by atoms with van der Waals surface area (Å²) in [6.45, 7) is 3.70. The van der Waals surface area contributed by atoms with Gasteiger partial charge in [0.1, 0.15) is 0 Å². The van der Waals surface area contributed by atoms with E-state index in [-0.39, 0.29) is 6.04 Å². The fourth-order valence-electron chi connectivity index (χ4n) is 4.60. The molecule has 0 saturated carbocycles. The minimum Gasteiger partial charge on any atom is -0.386 e. The smallest absolute Gasteiger partial charge is 0.0843 e. The van der Waals surface area contributed by atoms with E-state index in [1.165, 1.54) is 11.1 Å². The van der Waals surface area contributed by atoms with Gasteiger partial charge in [0, 0.05) is 16.5 Å². The monoisotopic (exact) mass is 484 g/mol. The summed E-state index contributed by atoms with van der Waals surface area (Å²) in [5, 5.41) is 12.4. The van der Waals surface area contributed by atoms with Gasteiger partial charge in [-0.2, -0.15) is 0 Å². The summed E-state index contributed by atoms with van der Waals surface area (Å²) in [6.07, 6.45) is 6.01. The van der Waals surface area contributed by atoms with Crippen molar-refractivity contribution in [1.82, 2.24) is 9.88 Å². The van der Waals surface area contributed by atoms with E-state index in [0.717, 1.165) is 40.6 Å². The predicted molar refractivity (Wildman–Crippen MR) is 149 cm³/mol. The average molecular weight is 485 g/mol. The average Bonchev–Trinajstić information content (AvgIpc) is 2.82. The Hall–Kier alpha value is -2.98. The molecule has 35 heavy (non-hydrogen) atoms. The van der Waals surface area contributed by atoms with E-state index in [2.05, 4.69) is 67.5 Å². The van der Waals surface area contributed by atoms with Gasteiger partial charge in [-0.3, -0.25) is 0 Å². The molecule has 0 aliphatic heterocycles. The number of halogens is 1. The molecular formula is C31H33ClN2O. The summed E-state index contributed by atoms with van der Waals surface area (Å²) in [7, 11) is 4.25. The Balaban J connectivity index is 1.53. The Morgan fingerprint density at radius 3 is 2.49 bits per heavy atom. The van der Waals surface area contributed by atoms with Gasteiger partial charge in [-0.05, 0) is 87.3 Å². The second kappa shape index (κ2) is 10.7. The predicted octanol–water partition coefficient (Wildman–Crippen LogP) is 7.52. The number of fused-ring (bicyclic) bond motifs is 1. The van der Waals surface area contributed by atoms with Crippen LogP contribution in [0.25, 0.3) is 23.1 Å². The fourth-order valence-corrected chi connectivity index (χ4v) is 4.77. The van der Waals surface area contributed by atoms with Crippen molar-refractivity contribution in [3.8, 4) is 0 Å². The summed E-state index contributed by atoms with van der Waals surface area (Å²) in [5.74, 6) is 0. The van der Waals surface area contributed by atoms with Crippen LogP contribution in [-0.2, 0) is 12.0 Å². The first-order chi connectivity index (χ1) is 16.7. The SMILES string of the molecule is CN(C)C(CCc1ccccc1C(C)(C)O)c1cccc(/C=C/c2ccc3ccc(Cl)cc3n2)c1. The molecule has 0 aliphatic carbocycles. The molecule has 0 saturated heterocycles. The van der Waals surface area contributed by atoms with Gasteiger partial charge in [-0.1, -0.05) is 78.3 Å². The van der Waals surface area contributed by atoms with E-state index in [0.29, 0.717) is 5.02 Å². The number of rotatable bonds is 8. The maximum absolute atomic E-state index is 10.6. The van der Waals surface area contributed by atoms with Crippen LogP contribution in [0, 0.1) is 0 Å². The Bertz CT molecular complexity index is 1340. The van der Waals surface area contributed by atoms with E-state index in [1.54, 1.807) is 0 Å². The number of aliphatic hydroxyl groups is 1. The molecule has 1 aromatic heterocycles. The Morgan fingerprint density at radius 2 is 1.71 bits per heavy atom. The number of hydrogen-bond acceptors (Lipinski definition) is 3. The summed E-state index contributed by atoms with van der Waals surface area (Å²) >= 11 is 6.14. The van der Waals surface area contributed by atoms with Crippen molar-refractivity contribution < 1.29 is 5.11 Å². The highest BCUT2D eigenvalue weighted by molar-refractivity contribution is 6.31. The summed E-state index contributed by atoms with van der Waals surface area (Å²) in [6, 6.07) is 27.0. The van der Waals surface area contributed by atoms with Crippen LogP contribution in [0.5, 0.6) is 0 Å². The zero-order valence-electron chi connectivity index (χ0n) is 20.9. The lowest BCUT2D eigenvalue weighted by Crippen LogP contribution is -2.22. The van der Waals surface area contributed by atoms with Gasteiger partial charge in [0.25, 0.3) is 0 Å². The number of benzene rings is 3. The van der Waals surface area contributed by atoms with Crippen LogP contribution in [0.2, 0.25) is 5.02 Å². The molecular weight excluding hydrogens is 452 g/mol. The first-order valence-corrected chi connectivity index (χ1v) is 12.4. The number of nitrogens with zero attached hydrogens (tertiary/aromatic N) is 2. The van der Waals surface area contributed by atoms with Gasteiger partial charge in [-0.25, -0.2) is 4.98 Å². The molecule has 1 atom stereocenters. The van der Waals surface area contributed by atoms with Crippen molar-refractivity contribution in [1.29, 1.82) is 0 Å². The lowest BCUT2D eigenvalue weighted by molar-refractivity contribution is 0.0775. The maximum atomic E-state index is 10.6. The summed E-state index contributed by atoms with van der Waals surface area (Å²) in [5.41, 5.74) is 5.56. The van der Waals surface area contributed by atoms with Crippen molar-refractivity contribution in [2.45, 2.75) is 38.3 Å². The highest BCUT2D eigenvalue weighted by Crippen LogP contribution is 2.29. The van der Waals surface area contributed by atoms with Crippen LogP contribution < -0.4 is 0 Å². The van der Waals surface area contributed by atoms with Crippen LogP contribution in [0.3, 0.4) is 0 Å². The number of pyridine rings is 1. The van der Waals surface area contributed by atoms with E-state index < -0.39 is 5.60 Å². The molecule has 4 aromatic rings. The van der Waals surface area contributed by atoms with Gasteiger partial charge in [0.05, 0.1) is 16.8 Å².